The number of esters is 2. The Bertz CT molecular complexity index is 1220. The molecular formula is C23H24N2O5S. The second-order valence-corrected chi connectivity index (χ2v) is 8.07. The summed E-state index contributed by atoms with van der Waals surface area (Å²) < 4.78 is 12.2. The lowest BCUT2D eigenvalue weighted by Crippen LogP contribution is -2.23. The summed E-state index contributed by atoms with van der Waals surface area (Å²) in [5, 5.41) is 0. The van der Waals surface area contributed by atoms with Crippen LogP contribution in [0.25, 0.3) is 10.2 Å². The molecule has 0 aliphatic rings. The zero-order valence-electron chi connectivity index (χ0n) is 17.9. The minimum absolute atomic E-state index is 0.0823. The zero-order chi connectivity index (χ0) is 22.5. The number of hydrogen-bond donors (Lipinski definition) is 0. The van der Waals surface area contributed by atoms with Crippen LogP contribution in [0, 0.1) is 13.8 Å². The van der Waals surface area contributed by atoms with E-state index in [2.05, 4.69) is 4.99 Å². The van der Waals surface area contributed by atoms with Gasteiger partial charge >= 0.3 is 11.9 Å². The third-order valence-electron chi connectivity index (χ3n) is 4.76. The van der Waals surface area contributed by atoms with Crippen LogP contribution >= 0.6 is 11.3 Å². The van der Waals surface area contributed by atoms with Gasteiger partial charge in [0, 0.05) is 0 Å². The van der Waals surface area contributed by atoms with Crippen molar-refractivity contribution in [1.29, 1.82) is 0 Å². The third kappa shape index (κ3) is 5.27. The predicted octanol–water partition coefficient (Wildman–Crippen LogP) is 3.34. The van der Waals surface area contributed by atoms with Gasteiger partial charge in [-0.2, -0.15) is 4.99 Å². The van der Waals surface area contributed by atoms with Gasteiger partial charge in [0.25, 0.3) is 5.91 Å². The highest BCUT2D eigenvalue weighted by Gasteiger charge is 2.15. The Labute approximate surface area is 183 Å². The van der Waals surface area contributed by atoms with Crippen molar-refractivity contribution < 1.29 is 23.9 Å². The molecule has 0 atom stereocenters. The van der Waals surface area contributed by atoms with Gasteiger partial charge in [-0.3, -0.25) is 9.59 Å². The smallest absolute Gasteiger partial charge is 0.337 e. The SMILES string of the molecule is CCOC(=O)Cn1c(=NC(=O)Cc2ccc(C)cc2C)sc2cc(C(=O)OC)ccc21. The van der Waals surface area contributed by atoms with Gasteiger partial charge in [0.2, 0.25) is 0 Å². The minimum atomic E-state index is -0.461. The number of methoxy groups -OCH3 is 1. The molecule has 1 aromatic heterocycles. The highest BCUT2D eigenvalue weighted by molar-refractivity contribution is 7.16. The van der Waals surface area contributed by atoms with Crippen molar-refractivity contribution in [2.45, 2.75) is 33.7 Å². The van der Waals surface area contributed by atoms with E-state index in [1.54, 1.807) is 29.7 Å². The molecule has 162 valence electrons. The first-order valence-electron chi connectivity index (χ1n) is 9.83. The van der Waals surface area contributed by atoms with E-state index in [1.165, 1.54) is 18.4 Å². The molecule has 1 heterocycles. The molecule has 0 N–H and O–H groups in total. The van der Waals surface area contributed by atoms with Crippen molar-refractivity contribution in [3.05, 3.63) is 63.5 Å². The summed E-state index contributed by atoms with van der Waals surface area (Å²) in [7, 11) is 1.31. The number of carbonyl (C=O) groups excluding carboxylic acids is 3. The first-order valence-corrected chi connectivity index (χ1v) is 10.6. The summed E-state index contributed by atoms with van der Waals surface area (Å²) >= 11 is 1.23. The highest BCUT2D eigenvalue weighted by atomic mass is 32.1. The predicted molar refractivity (Wildman–Crippen MR) is 118 cm³/mol. The van der Waals surface area contributed by atoms with E-state index in [0.29, 0.717) is 20.6 Å². The minimum Gasteiger partial charge on any atom is -0.465 e. The molecule has 0 aliphatic carbocycles. The Kier molecular flexibility index (Phi) is 7.02. The Balaban J connectivity index is 2.04. The number of thiazole rings is 1. The number of benzene rings is 2. The maximum atomic E-state index is 12.7. The molecule has 2 aromatic carbocycles. The number of rotatable bonds is 6. The van der Waals surface area contributed by atoms with Crippen LogP contribution in [-0.4, -0.2) is 36.1 Å². The summed E-state index contributed by atoms with van der Waals surface area (Å²) in [6.07, 6.45) is 0.160. The summed E-state index contributed by atoms with van der Waals surface area (Å²) in [5.74, 6) is -1.21. The van der Waals surface area contributed by atoms with E-state index in [4.69, 9.17) is 9.47 Å². The van der Waals surface area contributed by atoms with E-state index >= 15 is 0 Å². The first-order chi connectivity index (χ1) is 14.8. The molecule has 0 unspecified atom stereocenters. The number of carbonyl (C=O) groups is 3. The largest absolute Gasteiger partial charge is 0.465 e. The first kappa shape index (κ1) is 22.4. The standard InChI is InChI=1S/C23H24N2O5S/c1-5-30-21(27)13-25-18-9-8-17(22(28)29-4)11-19(18)31-23(25)24-20(26)12-16-7-6-14(2)10-15(16)3/h6-11H,5,12-13H2,1-4H3. The zero-order valence-corrected chi connectivity index (χ0v) is 18.7. The lowest BCUT2D eigenvalue weighted by Gasteiger charge is -2.06. The Morgan fingerprint density at radius 1 is 1.10 bits per heavy atom. The van der Waals surface area contributed by atoms with Crippen molar-refractivity contribution in [2.75, 3.05) is 13.7 Å². The van der Waals surface area contributed by atoms with E-state index < -0.39 is 11.9 Å². The molecule has 7 nitrogen and oxygen atoms in total. The summed E-state index contributed by atoms with van der Waals surface area (Å²) in [6, 6.07) is 10.9. The molecule has 0 spiro atoms. The van der Waals surface area contributed by atoms with Gasteiger partial charge in [-0.05, 0) is 50.1 Å². The molecule has 1 amide bonds. The number of amides is 1. The van der Waals surface area contributed by atoms with E-state index in [-0.39, 0.29) is 25.5 Å². The van der Waals surface area contributed by atoms with Gasteiger partial charge in [0.1, 0.15) is 6.54 Å². The number of hydrogen-bond acceptors (Lipinski definition) is 6. The summed E-state index contributed by atoms with van der Waals surface area (Å²) in [6.45, 7) is 5.87. The molecule has 3 rings (SSSR count). The van der Waals surface area contributed by atoms with Crippen molar-refractivity contribution in [3.63, 3.8) is 0 Å². The van der Waals surface area contributed by atoms with Crippen molar-refractivity contribution in [2.24, 2.45) is 4.99 Å². The Morgan fingerprint density at radius 2 is 1.87 bits per heavy atom. The van der Waals surface area contributed by atoms with Gasteiger partial charge in [-0.1, -0.05) is 35.1 Å². The number of ether oxygens (including phenoxy) is 2. The molecule has 3 aromatic rings. The van der Waals surface area contributed by atoms with Crippen LogP contribution < -0.4 is 4.80 Å². The van der Waals surface area contributed by atoms with Gasteiger partial charge in [-0.25, -0.2) is 4.79 Å². The molecular weight excluding hydrogens is 416 g/mol. The summed E-state index contributed by atoms with van der Waals surface area (Å²) in [4.78, 5) is 41.4. The second kappa shape index (κ2) is 9.70. The van der Waals surface area contributed by atoms with Crippen LogP contribution in [0.5, 0.6) is 0 Å². The third-order valence-corrected chi connectivity index (χ3v) is 5.80. The number of fused-ring (bicyclic) bond motifs is 1. The average Bonchev–Trinajstić information content (AvgIpc) is 3.05. The number of aromatic nitrogens is 1. The number of nitrogens with zero attached hydrogens (tertiary/aromatic N) is 2. The Hall–Kier alpha value is -3.26. The van der Waals surface area contributed by atoms with Gasteiger partial charge < -0.3 is 14.0 Å². The molecule has 0 radical (unpaired) electrons. The molecule has 8 heteroatoms. The van der Waals surface area contributed by atoms with Crippen molar-refractivity contribution in [1.82, 2.24) is 4.57 Å². The van der Waals surface area contributed by atoms with E-state index in [9.17, 15) is 14.4 Å². The van der Waals surface area contributed by atoms with Crippen LogP contribution in [0.2, 0.25) is 0 Å². The monoisotopic (exact) mass is 440 g/mol. The Morgan fingerprint density at radius 3 is 2.55 bits per heavy atom. The van der Waals surface area contributed by atoms with Crippen LogP contribution in [0.1, 0.15) is 34.0 Å². The molecule has 0 aliphatic heterocycles. The average molecular weight is 441 g/mol. The van der Waals surface area contributed by atoms with Crippen LogP contribution in [0.15, 0.2) is 41.4 Å². The van der Waals surface area contributed by atoms with E-state index in [0.717, 1.165) is 16.7 Å². The van der Waals surface area contributed by atoms with E-state index in [1.807, 2.05) is 32.0 Å². The normalized spacial score (nSPS) is 11.5. The lowest BCUT2D eigenvalue weighted by molar-refractivity contribution is -0.143. The van der Waals surface area contributed by atoms with Gasteiger partial charge in [0.05, 0.1) is 35.9 Å². The molecule has 0 fully saturated rings. The summed E-state index contributed by atoms with van der Waals surface area (Å²) in [5.41, 5.74) is 4.13. The fourth-order valence-electron chi connectivity index (χ4n) is 3.25. The fourth-order valence-corrected chi connectivity index (χ4v) is 4.33. The maximum absolute atomic E-state index is 12.7. The van der Waals surface area contributed by atoms with Gasteiger partial charge in [-0.15, -0.1) is 0 Å². The fraction of sp³-hybridized carbons (Fsp3) is 0.304. The highest BCUT2D eigenvalue weighted by Crippen LogP contribution is 2.20. The molecule has 0 saturated heterocycles. The topological polar surface area (TPSA) is 87.0 Å². The molecule has 0 bridgehead atoms. The van der Waals surface area contributed by atoms with Crippen LogP contribution in [-0.2, 0) is 32.0 Å². The van der Waals surface area contributed by atoms with Crippen LogP contribution in [0.4, 0.5) is 0 Å². The van der Waals surface area contributed by atoms with Crippen LogP contribution in [0.3, 0.4) is 0 Å². The maximum Gasteiger partial charge on any atom is 0.337 e. The van der Waals surface area contributed by atoms with Gasteiger partial charge in [0.15, 0.2) is 4.80 Å². The van der Waals surface area contributed by atoms with Crippen molar-refractivity contribution in [3.8, 4) is 0 Å². The molecule has 31 heavy (non-hydrogen) atoms. The lowest BCUT2D eigenvalue weighted by atomic mass is 10.0. The van der Waals surface area contributed by atoms with Crippen molar-refractivity contribution >= 4 is 39.4 Å². The number of aryl methyl sites for hydroxylation is 2. The second-order valence-electron chi connectivity index (χ2n) is 7.06. The molecule has 0 saturated carbocycles. The quantitative estimate of drug-likeness (QED) is 0.549.